The van der Waals surface area contributed by atoms with Crippen molar-refractivity contribution in [3.05, 3.63) is 64.1 Å². The van der Waals surface area contributed by atoms with Gasteiger partial charge < -0.3 is 10.1 Å². The number of nitrogens with one attached hydrogen (secondary N) is 1. The first-order chi connectivity index (χ1) is 9.20. The van der Waals surface area contributed by atoms with E-state index < -0.39 is 0 Å². The molecule has 0 unspecified atom stereocenters. The van der Waals surface area contributed by atoms with Crippen LogP contribution in [-0.4, -0.2) is 13.0 Å². The summed E-state index contributed by atoms with van der Waals surface area (Å²) in [4.78, 5) is 12.2. The molecule has 4 heteroatoms. The van der Waals surface area contributed by atoms with Crippen LogP contribution in [-0.2, 0) is 11.3 Å². The van der Waals surface area contributed by atoms with Gasteiger partial charge in [-0.2, -0.15) is 0 Å². The van der Waals surface area contributed by atoms with E-state index in [1.807, 2.05) is 42.5 Å². The molecule has 0 spiro atoms. The van der Waals surface area contributed by atoms with Crippen LogP contribution in [0, 0.1) is 0 Å². The molecule has 0 saturated heterocycles. The highest BCUT2D eigenvalue weighted by Crippen LogP contribution is 2.22. The Hall–Kier alpha value is -1.65. The molecule has 0 aliphatic carbocycles. The quantitative estimate of drug-likeness (QED) is 0.929. The van der Waals surface area contributed by atoms with Gasteiger partial charge in [0.1, 0.15) is 0 Å². The maximum atomic E-state index is 12.2. The van der Waals surface area contributed by atoms with Gasteiger partial charge in [0.05, 0.1) is 12.3 Å². The molecule has 0 radical (unpaired) electrons. The lowest BCUT2D eigenvalue weighted by Crippen LogP contribution is -2.12. The van der Waals surface area contributed by atoms with Gasteiger partial charge in [-0.05, 0) is 45.8 Å². The van der Waals surface area contributed by atoms with Gasteiger partial charge in [-0.3, -0.25) is 4.79 Å². The number of rotatable bonds is 4. The molecule has 1 amide bonds. The average molecular weight is 320 g/mol. The molecule has 1 N–H and O–H groups in total. The first-order valence-electron chi connectivity index (χ1n) is 5.84. The molecule has 0 heterocycles. The van der Waals surface area contributed by atoms with Crippen molar-refractivity contribution < 1.29 is 9.53 Å². The Morgan fingerprint density at radius 1 is 1.21 bits per heavy atom. The van der Waals surface area contributed by atoms with E-state index in [2.05, 4.69) is 21.2 Å². The van der Waals surface area contributed by atoms with Gasteiger partial charge in [-0.1, -0.05) is 24.3 Å². The lowest BCUT2D eigenvalue weighted by Gasteiger charge is -2.08. The summed E-state index contributed by atoms with van der Waals surface area (Å²) in [6.07, 6.45) is 0. The Balaban J connectivity index is 2.16. The molecule has 0 atom stereocenters. The summed E-state index contributed by atoms with van der Waals surface area (Å²) >= 11 is 3.40. The van der Waals surface area contributed by atoms with Crippen molar-refractivity contribution in [2.75, 3.05) is 12.4 Å². The number of para-hydroxylation sites is 1. The Morgan fingerprint density at radius 2 is 2.00 bits per heavy atom. The van der Waals surface area contributed by atoms with Crippen molar-refractivity contribution in [3.63, 3.8) is 0 Å². The molecule has 0 fully saturated rings. The van der Waals surface area contributed by atoms with Crippen molar-refractivity contribution in [3.8, 4) is 0 Å². The predicted molar refractivity (Wildman–Crippen MR) is 79.3 cm³/mol. The standard InChI is InChI=1S/C15H14BrNO2/c1-19-10-11-5-4-6-12(9-11)15(18)17-14-8-3-2-7-13(14)16/h2-9H,10H2,1H3,(H,17,18). The van der Waals surface area contributed by atoms with Crippen molar-refractivity contribution in [1.29, 1.82) is 0 Å². The monoisotopic (exact) mass is 319 g/mol. The summed E-state index contributed by atoms with van der Waals surface area (Å²) in [7, 11) is 1.63. The van der Waals surface area contributed by atoms with Crippen LogP contribution in [0.2, 0.25) is 0 Å². The van der Waals surface area contributed by atoms with Gasteiger partial charge in [0.25, 0.3) is 5.91 Å². The van der Waals surface area contributed by atoms with Gasteiger partial charge in [-0.15, -0.1) is 0 Å². The summed E-state index contributed by atoms with van der Waals surface area (Å²) < 4.78 is 5.92. The third kappa shape index (κ3) is 3.66. The van der Waals surface area contributed by atoms with Gasteiger partial charge in [-0.25, -0.2) is 0 Å². The van der Waals surface area contributed by atoms with E-state index in [1.54, 1.807) is 13.2 Å². The normalized spacial score (nSPS) is 10.2. The van der Waals surface area contributed by atoms with Crippen LogP contribution in [0.1, 0.15) is 15.9 Å². The van der Waals surface area contributed by atoms with E-state index in [1.165, 1.54) is 0 Å². The molecule has 0 aliphatic rings. The summed E-state index contributed by atoms with van der Waals surface area (Å²) in [5, 5.41) is 2.87. The van der Waals surface area contributed by atoms with Crippen LogP contribution >= 0.6 is 15.9 Å². The highest BCUT2D eigenvalue weighted by molar-refractivity contribution is 9.10. The highest BCUT2D eigenvalue weighted by atomic mass is 79.9. The number of amides is 1. The molecule has 0 bridgehead atoms. The van der Waals surface area contributed by atoms with E-state index in [-0.39, 0.29) is 5.91 Å². The zero-order valence-corrected chi connectivity index (χ0v) is 12.1. The first kappa shape index (κ1) is 13.8. The summed E-state index contributed by atoms with van der Waals surface area (Å²) in [5.74, 6) is -0.134. The lowest BCUT2D eigenvalue weighted by molar-refractivity contribution is 0.102. The number of halogens is 1. The zero-order chi connectivity index (χ0) is 13.7. The van der Waals surface area contributed by atoms with Gasteiger partial charge >= 0.3 is 0 Å². The molecule has 2 aromatic carbocycles. The minimum atomic E-state index is -0.134. The van der Waals surface area contributed by atoms with Crippen LogP contribution in [0.5, 0.6) is 0 Å². The highest BCUT2D eigenvalue weighted by Gasteiger charge is 2.08. The molecular weight excluding hydrogens is 306 g/mol. The minimum absolute atomic E-state index is 0.134. The zero-order valence-electron chi connectivity index (χ0n) is 10.5. The molecule has 98 valence electrons. The van der Waals surface area contributed by atoms with Crippen molar-refractivity contribution in [2.45, 2.75) is 6.61 Å². The van der Waals surface area contributed by atoms with Crippen LogP contribution < -0.4 is 5.32 Å². The molecule has 19 heavy (non-hydrogen) atoms. The molecule has 2 rings (SSSR count). The summed E-state index contributed by atoms with van der Waals surface area (Å²) in [5.41, 5.74) is 2.34. The molecule has 0 aliphatic heterocycles. The number of hydrogen-bond donors (Lipinski definition) is 1. The molecule has 0 saturated carbocycles. The average Bonchev–Trinajstić information content (AvgIpc) is 2.42. The van der Waals surface area contributed by atoms with Crippen molar-refractivity contribution >= 4 is 27.5 Å². The number of methoxy groups -OCH3 is 1. The van der Waals surface area contributed by atoms with Crippen LogP contribution in [0.3, 0.4) is 0 Å². The lowest BCUT2D eigenvalue weighted by atomic mass is 10.1. The smallest absolute Gasteiger partial charge is 0.255 e. The number of ether oxygens (including phenoxy) is 1. The summed E-state index contributed by atoms with van der Waals surface area (Å²) in [6, 6.07) is 14.9. The van der Waals surface area contributed by atoms with Crippen LogP contribution in [0.4, 0.5) is 5.69 Å². The fourth-order valence-electron chi connectivity index (χ4n) is 1.73. The second-order valence-electron chi connectivity index (χ2n) is 4.07. The number of hydrogen-bond acceptors (Lipinski definition) is 2. The Morgan fingerprint density at radius 3 is 2.74 bits per heavy atom. The van der Waals surface area contributed by atoms with E-state index in [0.717, 1.165) is 15.7 Å². The SMILES string of the molecule is COCc1cccc(C(=O)Nc2ccccc2Br)c1. The van der Waals surface area contributed by atoms with E-state index in [0.29, 0.717) is 12.2 Å². The number of anilines is 1. The second-order valence-corrected chi connectivity index (χ2v) is 4.92. The van der Waals surface area contributed by atoms with Crippen molar-refractivity contribution in [1.82, 2.24) is 0 Å². The van der Waals surface area contributed by atoms with Gasteiger partial charge in [0, 0.05) is 17.1 Å². The minimum Gasteiger partial charge on any atom is -0.380 e. The third-order valence-corrected chi connectivity index (χ3v) is 3.31. The maximum Gasteiger partial charge on any atom is 0.255 e. The molecule has 2 aromatic rings. The first-order valence-corrected chi connectivity index (χ1v) is 6.64. The van der Waals surface area contributed by atoms with Crippen LogP contribution in [0.25, 0.3) is 0 Å². The fourth-order valence-corrected chi connectivity index (χ4v) is 2.11. The Kier molecular flexibility index (Phi) is 4.71. The van der Waals surface area contributed by atoms with Crippen molar-refractivity contribution in [2.24, 2.45) is 0 Å². The van der Waals surface area contributed by atoms with Gasteiger partial charge in [0.2, 0.25) is 0 Å². The topological polar surface area (TPSA) is 38.3 Å². The Bertz CT molecular complexity index is 584. The number of carbonyl (C=O) groups is 1. The molecule has 0 aromatic heterocycles. The van der Waals surface area contributed by atoms with E-state index >= 15 is 0 Å². The maximum absolute atomic E-state index is 12.2. The van der Waals surface area contributed by atoms with E-state index in [9.17, 15) is 4.79 Å². The number of benzene rings is 2. The Labute approximate surface area is 120 Å². The van der Waals surface area contributed by atoms with Gasteiger partial charge in [0.15, 0.2) is 0 Å². The summed E-state index contributed by atoms with van der Waals surface area (Å²) in [6.45, 7) is 0.496. The number of carbonyl (C=O) groups excluding carboxylic acids is 1. The second kappa shape index (κ2) is 6.50. The largest absolute Gasteiger partial charge is 0.380 e. The van der Waals surface area contributed by atoms with E-state index in [4.69, 9.17) is 4.74 Å². The molecular formula is C15H14BrNO2. The van der Waals surface area contributed by atoms with Crippen LogP contribution in [0.15, 0.2) is 53.0 Å². The predicted octanol–water partition coefficient (Wildman–Crippen LogP) is 3.85. The molecule has 3 nitrogen and oxygen atoms in total. The fraction of sp³-hybridized carbons (Fsp3) is 0.133. The third-order valence-electron chi connectivity index (χ3n) is 2.62.